The van der Waals surface area contributed by atoms with Gasteiger partial charge in [0.2, 0.25) is 0 Å². The van der Waals surface area contributed by atoms with Crippen LogP contribution in [0.25, 0.3) is 0 Å². The van der Waals surface area contributed by atoms with Gasteiger partial charge in [0.25, 0.3) is 0 Å². The highest BCUT2D eigenvalue weighted by Crippen LogP contribution is 2.24. The number of hydrogen-bond acceptors (Lipinski definition) is 3. The van der Waals surface area contributed by atoms with Crippen LogP contribution in [0.5, 0.6) is 5.75 Å². The zero-order chi connectivity index (χ0) is 13.8. The molecule has 1 aromatic rings. The van der Waals surface area contributed by atoms with Crippen LogP contribution >= 0.6 is 0 Å². The number of carboxylic acids is 1. The largest absolute Gasteiger partial charge is 0.497 e. The van der Waals surface area contributed by atoms with Gasteiger partial charge in [-0.25, -0.2) is 0 Å². The van der Waals surface area contributed by atoms with E-state index in [9.17, 15) is 4.79 Å². The second-order valence-electron chi connectivity index (χ2n) is 5.06. The van der Waals surface area contributed by atoms with E-state index in [1.54, 1.807) is 21.0 Å². The second-order valence-corrected chi connectivity index (χ2v) is 5.06. The van der Waals surface area contributed by atoms with Crippen LogP contribution in [0.3, 0.4) is 0 Å². The lowest BCUT2D eigenvalue weighted by atomic mass is 9.89. The Balaban J connectivity index is 2.65. The molecule has 0 saturated carbocycles. The first-order chi connectivity index (χ1) is 8.36. The van der Waals surface area contributed by atoms with Crippen molar-refractivity contribution >= 4 is 11.7 Å². The van der Waals surface area contributed by atoms with Gasteiger partial charge in [0.15, 0.2) is 0 Å². The molecule has 0 aromatic heterocycles. The Morgan fingerprint density at radius 3 is 2.67 bits per heavy atom. The number of rotatable bonds is 6. The normalized spacial score (nSPS) is 11.1. The lowest BCUT2D eigenvalue weighted by Crippen LogP contribution is -2.30. The first kappa shape index (κ1) is 14.4. The number of anilines is 1. The Labute approximate surface area is 108 Å². The van der Waals surface area contributed by atoms with Gasteiger partial charge in [0.05, 0.1) is 12.5 Å². The average molecular weight is 251 g/mol. The van der Waals surface area contributed by atoms with Crippen LogP contribution in [0.1, 0.15) is 20.3 Å². The summed E-state index contributed by atoms with van der Waals surface area (Å²) in [6.45, 7) is 4.18. The minimum Gasteiger partial charge on any atom is -0.497 e. The fraction of sp³-hybridized carbons (Fsp3) is 0.500. The van der Waals surface area contributed by atoms with Gasteiger partial charge in [-0.1, -0.05) is 6.07 Å². The highest BCUT2D eigenvalue weighted by atomic mass is 16.5. The van der Waals surface area contributed by atoms with Crippen molar-refractivity contribution in [1.29, 1.82) is 0 Å². The number of hydrogen-bond donors (Lipinski definition) is 1. The summed E-state index contributed by atoms with van der Waals surface area (Å²) in [4.78, 5) is 13.1. The highest BCUT2D eigenvalue weighted by Gasteiger charge is 2.27. The second kappa shape index (κ2) is 5.76. The lowest BCUT2D eigenvalue weighted by molar-refractivity contribution is -0.147. The van der Waals surface area contributed by atoms with Crippen LogP contribution in [-0.4, -0.2) is 31.8 Å². The van der Waals surface area contributed by atoms with Crippen molar-refractivity contribution in [2.75, 3.05) is 25.6 Å². The van der Waals surface area contributed by atoms with E-state index < -0.39 is 11.4 Å². The monoisotopic (exact) mass is 251 g/mol. The predicted octanol–water partition coefficient (Wildman–Crippen LogP) is 2.63. The third-order valence-corrected chi connectivity index (χ3v) is 3.15. The van der Waals surface area contributed by atoms with Crippen molar-refractivity contribution in [2.24, 2.45) is 5.41 Å². The van der Waals surface area contributed by atoms with Gasteiger partial charge >= 0.3 is 5.97 Å². The summed E-state index contributed by atoms with van der Waals surface area (Å²) >= 11 is 0. The molecule has 0 saturated heterocycles. The standard InChI is InChI=1S/C14H21NO3/c1-14(2,13(16)17)8-9-15(3)11-6-5-7-12(10-11)18-4/h5-7,10H,8-9H2,1-4H3,(H,16,17). The Bertz CT molecular complexity index is 415. The summed E-state index contributed by atoms with van der Waals surface area (Å²) in [5.41, 5.74) is 0.322. The summed E-state index contributed by atoms with van der Waals surface area (Å²) in [7, 11) is 3.58. The van der Waals surface area contributed by atoms with Crippen LogP contribution < -0.4 is 9.64 Å². The summed E-state index contributed by atoms with van der Waals surface area (Å²) < 4.78 is 5.17. The van der Waals surface area contributed by atoms with Gasteiger partial charge in [0, 0.05) is 25.3 Å². The maximum Gasteiger partial charge on any atom is 0.309 e. The molecule has 1 aromatic carbocycles. The van der Waals surface area contributed by atoms with Crippen molar-refractivity contribution in [3.8, 4) is 5.75 Å². The zero-order valence-electron chi connectivity index (χ0n) is 11.4. The smallest absolute Gasteiger partial charge is 0.309 e. The van der Waals surface area contributed by atoms with Crippen molar-refractivity contribution in [2.45, 2.75) is 20.3 Å². The van der Waals surface area contributed by atoms with Crippen molar-refractivity contribution < 1.29 is 14.6 Å². The predicted molar refractivity (Wildman–Crippen MR) is 72.3 cm³/mol. The molecule has 0 amide bonds. The molecule has 0 radical (unpaired) electrons. The third kappa shape index (κ3) is 3.65. The van der Waals surface area contributed by atoms with Gasteiger partial charge < -0.3 is 14.7 Å². The Hall–Kier alpha value is -1.71. The number of carboxylic acid groups (broad SMARTS) is 1. The van der Waals surface area contributed by atoms with E-state index in [1.165, 1.54) is 0 Å². The molecule has 100 valence electrons. The van der Waals surface area contributed by atoms with E-state index in [2.05, 4.69) is 0 Å². The van der Waals surface area contributed by atoms with Crippen LogP contribution in [0.4, 0.5) is 5.69 Å². The summed E-state index contributed by atoms with van der Waals surface area (Å²) in [6.07, 6.45) is 0.593. The SMILES string of the molecule is COc1cccc(N(C)CCC(C)(C)C(=O)O)c1. The number of aliphatic carboxylic acids is 1. The topological polar surface area (TPSA) is 49.8 Å². The van der Waals surface area contributed by atoms with Crippen molar-refractivity contribution in [1.82, 2.24) is 0 Å². The van der Waals surface area contributed by atoms with Gasteiger partial charge in [-0.05, 0) is 32.4 Å². The van der Waals surface area contributed by atoms with Gasteiger partial charge in [-0.15, -0.1) is 0 Å². The van der Waals surface area contributed by atoms with Crippen LogP contribution in [0.15, 0.2) is 24.3 Å². The number of nitrogens with zero attached hydrogens (tertiary/aromatic N) is 1. The molecule has 0 aliphatic rings. The van der Waals surface area contributed by atoms with E-state index in [0.29, 0.717) is 13.0 Å². The van der Waals surface area contributed by atoms with Gasteiger partial charge in [-0.3, -0.25) is 4.79 Å². The zero-order valence-corrected chi connectivity index (χ0v) is 11.4. The minimum atomic E-state index is -0.762. The summed E-state index contributed by atoms with van der Waals surface area (Å²) in [5.74, 6) is 0.0402. The van der Waals surface area contributed by atoms with Crippen molar-refractivity contribution in [3.63, 3.8) is 0 Å². The summed E-state index contributed by atoms with van der Waals surface area (Å²) in [6, 6.07) is 7.73. The van der Waals surface area contributed by atoms with E-state index in [1.807, 2.05) is 36.2 Å². The average Bonchev–Trinajstić information content (AvgIpc) is 2.36. The molecule has 0 bridgehead atoms. The molecule has 0 aliphatic carbocycles. The minimum absolute atomic E-state index is 0.593. The quantitative estimate of drug-likeness (QED) is 0.844. The molecule has 0 fully saturated rings. The fourth-order valence-corrected chi connectivity index (χ4v) is 1.53. The summed E-state index contributed by atoms with van der Waals surface area (Å²) in [5, 5.41) is 9.07. The molecule has 4 heteroatoms. The third-order valence-electron chi connectivity index (χ3n) is 3.15. The van der Waals surface area contributed by atoms with Crippen LogP contribution in [0.2, 0.25) is 0 Å². The Morgan fingerprint density at radius 2 is 2.11 bits per heavy atom. The van der Waals surface area contributed by atoms with E-state index >= 15 is 0 Å². The number of methoxy groups -OCH3 is 1. The lowest BCUT2D eigenvalue weighted by Gasteiger charge is -2.25. The van der Waals surface area contributed by atoms with Gasteiger partial charge in [-0.2, -0.15) is 0 Å². The van der Waals surface area contributed by atoms with Crippen LogP contribution in [0, 0.1) is 5.41 Å². The van der Waals surface area contributed by atoms with Crippen molar-refractivity contribution in [3.05, 3.63) is 24.3 Å². The molecule has 18 heavy (non-hydrogen) atoms. The van der Waals surface area contributed by atoms with E-state index in [-0.39, 0.29) is 0 Å². The first-order valence-corrected chi connectivity index (χ1v) is 5.95. The molecule has 0 spiro atoms. The molecule has 4 nitrogen and oxygen atoms in total. The number of benzene rings is 1. The first-order valence-electron chi connectivity index (χ1n) is 5.95. The molecule has 0 aliphatic heterocycles. The van der Waals surface area contributed by atoms with E-state index in [4.69, 9.17) is 9.84 Å². The Morgan fingerprint density at radius 1 is 1.44 bits per heavy atom. The number of carbonyl (C=O) groups is 1. The van der Waals surface area contributed by atoms with Crippen LogP contribution in [-0.2, 0) is 4.79 Å². The maximum absolute atomic E-state index is 11.0. The van der Waals surface area contributed by atoms with E-state index in [0.717, 1.165) is 11.4 Å². The molecule has 1 rings (SSSR count). The maximum atomic E-state index is 11.0. The molecular formula is C14H21NO3. The molecule has 1 N–H and O–H groups in total. The fourth-order valence-electron chi connectivity index (χ4n) is 1.53. The molecular weight excluding hydrogens is 230 g/mol. The highest BCUT2D eigenvalue weighted by molar-refractivity contribution is 5.73. The Kier molecular flexibility index (Phi) is 4.59. The number of ether oxygens (including phenoxy) is 1. The van der Waals surface area contributed by atoms with Gasteiger partial charge in [0.1, 0.15) is 5.75 Å². The molecule has 0 unspecified atom stereocenters. The molecule has 0 heterocycles. The molecule has 0 atom stereocenters.